The Morgan fingerprint density at radius 3 is 2.71 bits per heavy atom. The first kappa shape index (κ1) is 18.0. The number of halogens is 1. The summed E-state index contributed by atoms with van der Waals surface area (Å²) in [6.07, 6.45) is 0. The van der Waals surface area contributed by atoms with Crippen molar-refractivity contribution in [2.45, 2.75) is 5.92 Å². The van der Waals surface area contributed by atoms with Crippen LogP contribution in [-0.2, 0) is 4.79 Å². The molecule has 2 heterocycles. The fourth-order valence-corrected chi connectivity index (χ4v) is 2.95. The highest BCUT2D eigenvalue weighted by Gasteiger charge is 2.35. The van der Waals surface area contributed by atoms with Gasteiger partial charge in [0, 0.05) is 13.1 Å². The van der Waals surface area contributed by atoms with Gasteiger partial charge in [0.1, 0.15) is 17.3 Å². The van der Waals surface area contributed by atoms with Gasteiger partial charge in [-0.3, -0.25) is 4.79 Å². The molecule has 1 saturated heterocycles. The van der Waals surface area contributed by atoms with Crippen molar-refractivity contribution in [2.75, 3.05) is 26.8 Å². The summed E-state index contributed by atoms with van der Waals surface area (Å²) in [4.78, 5) is 18.3. The summed E-state index contributed by atoms with van der Waals surface area (Å²) in [6.45, 7) is 0.868. The van der Waals surface area contributed by atoms with Gasteiger partial charge in [-0.25, -0.2) is 4.39 Å². The van der Waals surface area contributed by atoms with Crippen molar-refractivity contribution in [1.29, 1.82) is 0 Å². The molecule has 144 valence electrons. The highest BCUT2D eigenvalue weighted by Crippen LogP contribution is 2.31. The highest BCUT2D eigenvalue weighted by molar-refractivity contribution is 5.78. The largest absolute Gasteiger partial charge is 0.496 e. The monoisotopic (exact) mass is 383 g/mol. The zero-order valence-corrected chi connectivity index (χ0v) is 15.2. The maximum Gasteiger partial charge on any atom is 0.260 e. The number of nitrogens with zero attached hydrogens (tertiary/aromatic N) is 3. The molecule has 1 aromatic heterocycles. The third kappa shape index (κ3) is 3.66. The lowest BCUT2D eigenvalue weighted by molar-refractivity contribution is -0.138. The summed E-state index contributed by atoms with van der Waals surface area (Å²) in [5, 5.41) is 4.03. The Bertz CT molecular complexity index is 968. The molecule has 8 heteroatoms. The molecule has 0 saturated carbocycles. The first-order valence-corrected chi connectivity index (χ1v) is 8.77. The Hall–Kier alpha value is -3.42. The number of hydrogen-bond donors (Lipinski definition) is 0. The molecule has 0 bridgehead atoms. The van der Waals surface area contributed by atoms with E-state index in [1.165, 1.54) is 24.3 Å². The number of methoxy groups -OCH3 is 1. The standard InChI is InChI=1S/C20H18FN3O4/c1-26-17-5-3-2-4-16(17)19-22-20(28-23-19)13-10-24(11-13)18(25)12-27-15-8-6-14(21)7-9-15/h2-9,13H,10-12H2,1H3. The summed E-state index contributed by atoms with van der Waals surface area (Å²) in [5.41, 5.74) is 0.750. The van der Waals surface area contributed by atoms with Gasteiger partial charge in [0.2, 0.25) is 11.7 Å². The minimum absolute atomic E-state index is 0.00858. The van der Waals surface area contributed by atoms with E-state index >= 15 is 0 Å². The van der Waals surface area contributed by atoms with E-state index < -0.39 is 0 Å². The van der Waals surface area contributed by atoms with Gasteiger partial charge in [0.25, 0.3) is 5.91 Å². The van der Waals surface area contributed by atoms with E-state index in [4.69, 9.17) is 14.0 Å². The second-order valence-electron chi connectivity index (χ2n) is 6.39. The van der Waals surface area contributed by atoms with Gasteiger partial charge in [-0.15, -0.1) is 0 Å². The van der Waals surface area contributed by atoms with Gasteiger partial charge in [-0.1, -0.05) is 17.3 Å². The SMILES string of the molecule is COc1ccccc1-c1noc(C2CN(C(=O)COc3ccc(F)cc3)C2)n1. The molecule has 0 N–H and O–H groups in total. The van der Waals surface area contributed by atoms with Crippen LogP contribution >= 0.6 is 0 Å². The summed E-state index contributed by atoms with van der Waals surface area (Å²) in [7, 11) is 1.59. The molecular weight excluding hydrogens is 365 g/mol. The van der Waals surface area contributed by atoms with Gasteiger partial charge in [0.15, 0.2) is 6.61 Å². The van der Waals surface area contributed by atoms with Crippen LogP contribution in [0.4, 0.5) is 4.39 Å². The lowest BCUT2D eigenvalue weighted by Crippen LogP contribution is -2.50. The van der Waals surface area contributed by atoms with Crippen LogP contribution in [0.2, 0.25) is 0 Å². The molecular formula is C20H18FN3O4. The molecule has 3 aromatic rings. The van der Waals surface area contributed by atoms with E-state index in [9.17, 15) is 9.18 Å². The van der Waals surface area contributed by atoms with Gasteiger partial charge in [-0.05, 0) is 36.4 Å². The Kier molecular flexibility index (Phi) is 4.92. The molecule has 28 heavy (non-hydrogen) atoms. The summed E-state index contributed by atoms with van der Waals surface area (Å²) < 4.78 is 29.0. The molecule has 0 radical (unpaired) electrons. The van der Waals surface area contributed by atoms with Crippen LogP contribution in [0.15, 0.2) is 53.1 Å². The molecule has 0 aliphatic carbocycles. The van der Waals surface area contributed by atoms with Crippen molar-refractivity contribution < 1.29 is 23.2 Å². The van der Waals surface area contributed by atoms with Crippen molar-refractivity contribution >= 4 is 5.91 Å². The molecule has 2 aromatic carbocycles. The molecule has 1 amide bonds. The van der Waals surface area contributed by atoms with Crippen LogP contribution in [0, 0.1) is 5.82 Å². The average Bonchev–Trinajstić information content (AvgIpc) is 3.16. The third-order valence-electron chi connectivity index (χ3n) is 4.55. The molecule has 1 aliphatic rings. The van der Waals surface area contributed by atoms with Crippen LogP contribution < -0.4 is 9.47 Å². The number of aromatic nitrogens is 2. The summed E-state index contributed by atoms with van der Waals surface area (Å²) >= 11 is 0. The van der Waals surface area contributed by atoms with E-state index in [0.717, 1.165) is 5.56 Å². The maximum absolute atomic E-state index is 12.9. The predicted octanol–water partition coefficient (Wildman–Crippen LogP) is 2.89. The molecule has 0 atom stereocenters. The first-order valence-electron chi connectivity index (χ1n) is 8.77. The smallest absolute Gasteiger partial charge is 0.260 e. The van der Waals surface area contributed by atoms with Crippen molar-refractivity contribution in [3.05, 3.63) is 60.2 Å². The van der Waals surface area contributed by atoms with Gasteiger partial charge in [-0.2, -0.15) is 4.98 Å². The number of benzene rings is 2. The Balaban J connectivity index is 1.32. The van der Waals surface area contributed by atoms with Crippen LogP contribution in [0.5, 0.6) is 11.5 Å². The van der Waals surface area contributed by atoms with Crippen molar-refractivity contribution in [3.8, 4) is 22.9 Å². The van der Waals surface area contributed by atoms with Crippen LogP contribution in [0.1, 0.15) is 11.8 Å². The molecule has 7 nitrogen and oxygen atoms in total. The summed E-state index contributed by atoms with van der Waals surface area (Å²) in [5.74, 6) is 1.55. The molecule has 1 aliphatic heterocycles. The van der Waals surface area contributed by atoms with Crippen molar-refractivity contribution in [3.63, 3.8) is 0 Å². The fourth-order valence-electron chi connectivity index (χ4n) is 2.95. The average molecular weight is 383 g/mol. The minimum atomic E-state index is -0.351. The van der Waals surface area contributed by atoms with E-state index in [-0.39, 0.29) is 24.2 Å². The molecule has 4 rings (SSSR count). The predicted molar refractivity (Wildman–Crippen MR) is 97.5 cm³/mol. The van der Waals surface area contributed by atoms with Crippen LogP contribution in [0.3, 0.4) is 0 Å². The van der Waals surface area contributed by atoms with Crippen LogP contribution in [0.25, 0.3) is 11.4 Å². The van der Waals surface area contributed by atoms with Crippen LogP contribution in [-0.4, -0.2) is 47.8 Å². The van der Waals surface area contributed by atoms with Crippen molar-refractivity contribution in [1.82, 2.24) is 15.0 Å². The summed E-state index contributed by atoms with van der Waals surface area (Å²) in [6, 6.07) is 13.0. The number of para-hydroxylation sites is 1. The lowest BCUT2D eigenvalue weighted by Gasteiger charge is -2.36. The Morgan fingerprint density at radius 1 is 1.21 bits per heavy atom. The second-order valence-corrected chi connectivity index (χ2v) is 6.39. The highest BCUT2D eigenvalue weighted by atomic mass is 19.1. The van der Waals surface area contributed by atoms with E-state index in [1.807, 2.05) is 24.3 Å². The normalized spacial score (nSPS) is 13.9. The number of carbonyl (C=O) groups excluding carboxylic acids is 1. The Labute approximate surface area is 160 Å². The van der Waals surface area contributed by atoms with E-state index in [0.29, 0.717) is 36.3 Å². The third-order valence-corrected chi connectivity index (χ3v) is 4.55. The number of rotatable bonds is 6. The number of ether oxygens (including phenoxy) is 2. The van der Waals surface area contributed by atoms with Gasteiger partial charge < -0.3 is 18.9 Å². The zero-order valence-electron chi connectivity index (χ0n) is 15.2. The Morgan fingerprint density at radius 2 is 1.96 bits per heavy atom. The molecule has 0 spiro atoms. The number of carbonyl (C=O) groups is 1. The quantitative estimate of drug-likeness (QED) is 0.651. The minimum Gasteiger partial charge on any atom is -0.496 e. The van der Waals surface area contributed by atoms with E-state index in [1.54, 1.807) is 12.0 Å². The number of likely N-dealkylation sites (tertiary alicyclic amines) is 1. The first-order chi connectivity index (χ1) is 13.6. The maximum atomic E-state index is 12.9. The van der Waals surface area contributed by atoms with Crippen molar-refractivity contribution in [2.24, 2.45) is 0 Å². The number of hydrogen-bond acceptors (Lipinski definition) is 6. The fraction of sp³-hybridized carbons (Fsp3) is 0.250. The zero-order chi connectivity index (χ0) is 19.5. The molecule has 1 fully saturated rings. The number of amides is 1. The molecule has 0 unspecified atom stereocenters. The second kappa shape index (κ2) is 7.67. The topological polar surface area (TPSA) is 77.7 Å². The van der Waals surface area contributed by atoms with E-state index in [2.05, 4.69) is 10.1 Å². The van der Waals surface area contributed by atoms with Gasteiger partial charge >= 0.3 is 0 Å². The lowest BCUT2D eigenvalue weighted by atomic mass is 10.0. The van der Waals surface area contributed by atoms with Gasteiger partial charge in [0.05, 0.1) is 18.6 Å².